The monoisotopic (exact) mass is 388 g/mol. The molecule has 148 valence electrons. The van der Waals surface area contributed by atoms with Gasteiger partial charge in [-0.1, -0.05) is 18.2 Å². The predicted octanol–water partition coefficient (Wildman–Crippen LogP) is 2.47. The van der Waals surface area contributed by atoms with Crippen molar-refractivity contribution in [3.63, 3.8) is 0 Å². The molecule has 0 saturated carbocycles. The first-order valence-electron chi connectivity index (χ1n) is 8.30. The van der Waals surface area contributed by atoms with E-state index in [2.05, 4.69) is 5.32 Å². The van der Waals surface area contributed by atoms with Gasteiger partial charge in [0.15, 0.2) is 6.10 Å². The number of hydrogen-bond acceptors (Lipinski definition) is 7. The summed E-state index contributed by atoms with van der Waals surface area (Å²) in [7, 11) is 2.85. The number of rotatable bonds is 8. The van der Waals surface area contributed by atoms with Gasteiger partial charge in [0.2, 0.25) is 0 Å². The topological polar surface area (TPSA) is 117 Å². The van der Waals surface area contributed by atoms with E-state index in [1.54, 1.807) is 18.2 Å². The van der Waals surface area contributed by atoms with Gasteiger partial charge in [0.05, 0.1) is 19.1 Å². The van der Waals surface area contributed by atoms with E-state index in [4.69, 9.17) is 14.2 Å². The van der Waals surface area contributed by atoms with E-state index < -0.39 is 22.9 Å². The van der Waals surface area contributed by atoms with Gasteiger partial charge in [-0.2, -0.15) is 0 Å². The number of methoxy groups -OCH3 is 2. The van der Waals surface area contributed by atoms with Crippen molar-refractivity contribution in [2.24, 2.45) is 0 Å². The Balaban J connectivity index is 2.04. The first-order chi connectivity index (χ1) is 13.4. The molecule has 0 unspecified atom stereocenters. The van der Waals surface area contributed by atoms with E-state index >= 15 is 0 Å². The number of esters is 1. The van der Waals surface area contributed by atoms with Gasteiger partial charge >= 0.3 is 5.97 Å². The van der Waals surface area contributed by atoms with E-state index in [-0.39, 0.29) is 23.5 Å². The van der Waals surface area contributed by atoms with Gasteiger partial charge in [0.25, 0.3) is 11.6 Å². The van der Waals surface area contributed by atoms with E-state index in [0.29, 0.717) is 5.75 Å². The van der Waals surface area contributed by atoms with Crippen molar-refractivity contribution >= 4 is 17.6 Å². The molecule has 0 saturated heterocycles. The first-order valence-corrected chi connectivity index (χ1v) is 8.30. The molecule has 0 fully saturated rings. The third-order valence-electron chi connectivity index (χ3n) is 3.91. The third kappa shape index (κ3) is 4.97. The van der Waals surface area contributed by atoms with Crippen LogP contribution in [0.5, 0.6) is 11.5 Å². The second-order valence-electron chi connectivity index (χ2n) is 5.72. The third-order valence-corrected chi connectivity index (χ3v) is 3.91. The summed E-state index contributed by atoms with van der Waals surface area (Å²) in [5.41, 5.74) is 0.333. The van der Waals surface area contributed by atoms with Crippen LogP contribution >= 0.6 is 0 Å². The van der Waals surface area contributed by atoms with Crippen molar-refractivity contribution in [2.75, 3.05) is 14.2 Å². The number of nitrogens with one attached hydrogen (secondary N) is 1. The van der Waals surface area contributed by atoms with Crippen LogP contribution in [0, 0.1) is 10.1 Å². The van der Waals surface area contributed by atoms with Crippen LogP contribution in [0.1, 0.15) is 22.8 Å². The summed E-state index contributed by atoms with van der Waals surface area (Å²) < 4.78 is 15.4. The van der Waals surface area contributed by atoms with Crippen molar-refractivity contribution in [1.29, 1.82) is 0 Å². The molecule has 0 heterocycles. The van der Waals surface area contributed by atoms with Gasteiger partial charge in [0.1, 0.15) is 17.1 Å². The molecule has 0 aromatic heterocycles. The van der Waals surface area contributed by atoms with Crippen LogP contribution in [0.4, 0.5) is 5.69 Å². The molecular weight excluding hydrogens is 368 g/mol. The maximum atomic E-state index is 12.4. The van der Waals surface area contributed by atoms with Crippen molar-refractivity contribution < 1.29 is 28.7 Å². The van der Waals surface area contributed by atoms with E-state index in [9.17, 15) is 19.7 Å². The van der Waals surface area contributed by atoms with Gasteiger partial charge in [-0.05, 0) is 19.1 Å². The summed E-state index contributed by atoms with van der Waals surface area (Å²) in [6.45, 7) is 1.59. The van der Waals surface area contributed by atoms with E-state index in [1.165, 1.54) is 33.3 Å². The number of non-ortho nitro benzene ring substituents is 1. The summed E-state index contributed by atoms with van der Waals surface area (Å²) in [5, 5.41) is 13.6. The van der Waals surface area contributed by atoms with Gasteiger partial charge in [0, 0.05) is 24.2 Å². The smallest absolute Gasteiger partial charge is 0.342 e. The highest BCUT2D eigenvalue weighted by Crippen LogP contribution is 2.25. The Morgan fingerprint density at radius 3 is 2.43 bits per heavy atom. The molecule has 0 spiro atoms. The number of nitro groups is 1. The maximum absolute atomic E-state index is 12.4. The quantitative estimate of drug-likeness (QED) is 0.419. The van der Waals surface area contributed by atoms with Crippen LogP contribution in [-0.4, -0.2) is 37.1 Å². The van der Waals surface area contributed by atoms with Crippen molar-refractivity contribution in [2.45, 2.75) is 19.6 Å². The average Bonchev–Trinajstić information content (AvgIpc) is 2.71. The summed E-state index contributed by atoms with van der Waals surface area (Å²) >= 11 is 0. The summed E-state index contributed by atoms with van der Waals surface area (Å²) in [6.07, 6.45) is -1.12. The second-order valence-corrected chi connectivity index (χ2v) is 5.72. The standard InChI is InChI=1S/C19H20N2O7/c1-12(18(22)20-11-13-6-4-5-7-16(13)26-2)28-19(23)15-10-14(21(24)25)8-9-17(15)27-3/h4-10,12H,11H2,1-3H3,(H,20,22)/t12-/m0/s1. The van der Waals surface area contributed by atoms with Gasteiger partial charge in [-0.15, -0.1) is 0 Å². The molecule has 28 heavy (non-hydrogen) atoms. The van der Waals surface area contributed by atoms with Crippen molar-refractivity contribution in [3.8, 4) is 11.5 Å². The van der Waals surface area contributed by atoms with Crippen LogP contribution in [0.3, 0.4) is 0 Å². The molecule has 0 aliphatic carbocycles. The van der Waals surface area contributed by atoms with Gasteiger partial charge < -0.3 is 19.5 Å². The SMILES string of the molecule is COc1ccccc1CNC(=O)[C@H](C)OC(=O)c1cc([N+](=O)[O-])ccc1OC. The molecule has 0 aliphatic rings. The lowest BCUT2D eigenvalue weighted by molar-refractivity contribution is -0.384. The van der Waals surface area contributed by atoms with Crippen LogP contribution in [-0.2, 0) is 16.1 Å². The lowest BCUT2D eigenvalue weighted by Gasteiger charge is -2.15. The summed E-state index contributed by atoms with van der Waals surface area (Å²) in [5.74, 6) is -0.699. The molecule has 0 radical (unpaired) electrons. The van der Waals surface area contributed by atoms with Crippen molar-refractivity contribution in [1.82, 2.24) is 5.32 Å². The van der Waals surface area contributed by atoms with Crippen LogP contribution < -0.4 is 14.8 Å². The number of carbonyl (C=O) groups is 2. The number of carbonyl (C=O) groups excluding carboxylic acids is 2. The Labute approximate surface area is 161 Å². The highest BCUT2D eigenvalue weighted by molar-refractivity contribution is 5.95. The number of nitrogens with zero attached hydrogens (tertiary/aromatic N) is 1. The first kappa shape index (κ1) is 20.7. The fourth-order valence-corrected chi connectivity index (χ4v) is 2.42. The minimum atomic E-state index is -1.12. The van der Waals surface area contributed by atoms with Crippen LogP contribution in [0.25, 0.3) is 0 Å². The highest BCUT2D eigenvalue weighted by Gasteiger charge is 2.23. The maximum Gasteiger partial charge on any atom is 0.342 e. The lowest BCUT2D eigenvalue weighted by Crippen LogP contribution is -2.35. The van der Waals surface area contributed by atoms with Gasteiger partial charge in [-0.25, -0.2) is 4.79 Å². The molecule has 9 heteroatoms. The number of ether oxygens (including phenoxy) is 3. The normalized spacial score (nSPS) is 11.2. The molecule has 9 nitrogen and oxygen atoms in total. The Hall–Kier alpha value is -3.62. The predicted molar refractivity (Wildman–Crippen MR) is 99.4 cm³/mol. The second kappa shape index (κ2) is 9.36. The molecular formula is C19H20N2O7. The average molecular weight is 388 g/mol. The zero-order valence-corrected chi connectivity index (χ0v) is 15.6. The fourth-order valence-electron chi connectivity index (χ4n) is 2.42. The van der Waals surface area contributed by atoms with E-state index in [1.807, 2.05) is 6.07 Å². The zero-order valence-electron chi connectivity index (χ0n) is 15.6. The number of benzene rings is 2. The Morgan fingerprint density at radius 2 is 1.79 bits per heavy atom. The van der Waals surface area contributed by atoms with Crippen molar-refractivity contribution in [3.05, 3.63) is 63.7 Å². The lowest BCUT2D eigenvalue weighted by atomic mass is 10.1. The minimum Gasteiger partial charge on any atom is -0.496 e. The summed E-state index contributed by atoms with van der Waals surface area (Å²) in [4.78, 5) is 34.9. The molecule has 0 bridgehead atoms. The molecule has 2 aromatic rings. The molecule has 2 rings (SSSR count). The largest absolute Gasteiger partial charge is 0.496 e. The number of amides is 1. The molecule has 1 atom stereocenters. The van der Waals surface area contributed by atoms with E-state index in [0.717, 1.165) is 11.6 Å². The molecule has 0 aliphatic heterocycles. The van der Waals surface area contributed by atoms with Crippen LogP contribution in [0.15, 0.2) is 42.5 Å². The molecule has 1 N–H and O–H groups in total. The molecule has 1 amide bonds. The van der Waals surface area contributed by atoms with Crippen LogP contribution in [0.2, 0.25) is 0 Å². The highest BCUT2D eigenvalue weighted by atomic mass is 16.6. The Morgan fingerprint density at radius 1 is 1.11 bits per heavy atom. The zero-order chi connectivity index (χ0) is 20.7. The molecule has 2 aromatic carbocycles. The Bertz CT molecular complexity index is 882. The number of nitro benzene ring substituents is 1. The van der Waals surface area contributed by atoms with Gasteiger partial charge in [-0.3, -0.25) is 14.9 Å². The fraction of sp³-hybridized carbons (Fsp3) is 0.263. The minimum absolute atomic E-state index is 0.109. The Kier molecular flexibility index (Phi) is 6.91. The number of para-hydroxylation sites is 1. The summed E-state index contributed by atoms with van der Waals surface area (Å²) in [6, 6.07) is 10.7. The number of hydrogen-bond donors (Lipinski definition) is 1.